The number of phosphoric ester groups is 1. The number of amides is 1. The molecule has 1 fully saturated rings. The molecule has 0 aliphatic heterocycles. The number of aliphatic hydroxyl groups is 7. The van der Waals surface area contributed by atoms with Gasteiger partial charge in [0.2, 0.25) is 5.91 Å². The van der Waals surface area contributed by atoms with Gasteiger partial charge in [0.25, 0.3) is 0 Å². The third-order valence-corrected chi connectivity index (χ3v) is 12.0. The normalized spacial score (nSPS) is 24.0. The predicted molar refractivity (Wildman–Crippen MR) is 229 cm³/mol. The van der Waals surface area contributed by atoms with Gasteiger partial charge in [-0.2, -0.15) is 0 Å². The zero-order valence-electron chi connectivity index (χ0n) is 36.0. The molecule has 1 saturated carbocycles. The molecule has 0 aromatic carbocycles. The van der Waals surface area contributed by atoms with Crippen LogP contribution >= 0.6 is 7.82 Å². The van der Waals surface area contributed by atoms with Crippen molar-refractivity contribution in [2.24, 2.45) is 0 Å². The molecule has 9 N–H and O–H groups in total. The van der Waals surface area contributed by atoms with Gasteiger partial charge in [-0.05, 0) is 32.1 Å². The van der Waals surface area contributed by atoms with Crippen molar-refractivity contribution in [3.63, 3.8) is 0 Å². The first-order valence-corrected chi connectivity index (χ1v) is 24.4. The molecule has 8 atom stereocenters. The number of carbonyl (C=O) groups excluding carboxylic acids is 1. The van der Waals surface area contributed by atoms with E-state index in [-0.39, 0.29) is 6.42 Å². The third-order valence-electron chi connectivity index (χ3n) is 11.0. The first-order valence-electron chi connectivity index (χ1n) is 22.9. The van der Waals surface area contributed by atoms with E-state index in [2.05, 4.69) is 31.3 Å². The van der Waals surface area contributed by atoms with Gasteiger partial charge in [0.05, 0.1) is 31.3 Å². The number of phosphoric acid groups is 1. The highest BCUT2D eigenvalue weighted by atomic mass is 31.2. The van der Waals surface area contributed by atoms with Gasteiger partial charge in [-0.3, -0.25) is 13.8 Å². The van der Waals surface area contributed by atoms with E-state index in [4.69, 9.17) is 9.05 Å². The Morgan fingerprint density at radius 1 is 0.603 bits per heavy atom. The van der Waals surface area contributed by atoms with E-state index in [1.165, 1.54) is 115 Å². The Kier molecular flexibility index (Phi) is 32.5. The lowest BCUT2D eigenvalue weighted by Crippen LogP contribution is -2.64. The molecular weight excluding hydrogens is 765 g/mol. The van der Waals surface area contributed by atoms with E-state index in [1.807, 2.05) is 0 Å². The lowest BCUT2D eigenvalue weighted by Gasteiger charge is -2.41. The van der Waals surface area contributed by atoms with Gasteiger partial charge in [-0.1, -0.05) is 173 Å². The number of carbonyl (C=O) groups is 1. The SMILES string of the molecule is CCCCCCCCCC/C=C/CC/C=C/C(O)C(COP(=O)(O)OC1C(O)C(O)C(O)C(O)C1O)NC(=O)CC(O)CCCCCCCCCCCCCCCC. The number of hydrogen-bond donors (Lipinski definition) is 9. The Balaban J connectivity index is 2.59. The van der Waals surface area contributed by atoms with Gasteiger partial charge in [0.1, 0.15) is 36.6 Å². The summed E-state index contributed by atoms with van der Waals surface area (Å²) >= 11 is 0. The molecule has 58 heavy (non-hydrogen) atoms. The largest absolute Gasteiger partial charge is 0.472 e. The molecule has 0 saturated heterocycles. The van der Waals surface area contributed by atoms with Crippen LogP contribution in [0.25, 0.3) is 0 Å². The molecule has 342 valence electrons. The van der Waals surface area contributed by atoms with E-state index in [0.717, 1.165) is 44.9 Å². The molecule has 8 unspecified atom stereocenters. The molecule has 1 aliphatic carbocycles. The zero-order chi connectivity index (χ0) is 43.0. The summed E-state index contributed by atoms with van der Waals surface area (Å²) in [5.74, 6) is -0.602. The first kappa shape index (κ1) is 54.8. The van der Waals surface area contributed by atoms with Crippen LogP contribution in [-0.2, 0) is 18.4 Å². The van der Waals surface area contributed by atoms with Gasteiger partial charge >= 0.3 is 7.82 Å². The minimum absolute atomic E-state index is 0.249. The summed E-state index contributed by atoms with van der Waals surface area (Å²) in [6, 6.07) is -1.25. The van der Waals surface area contributed by atoms with Crippen LogP contribution in [0.5, 0.6) is 0 Å². The van der Waals surface area contributed by atoms with E-state index in [9.17, 15) is 50.0 Å². The average Bonchev–Trinajstić information content (AvgIpc) is 3.19. The van der Waals surface area contributed by atoms with Gasteiger partial charge in [-0.15, -0.1) is 0 Å². The molecule has 1 aliphatic rings. The van der Waals surface area contributed by atoms with Crippen molar-refractivity contribution in [2.75, 3.05) is 6.61 Å². The minimum Gasteiger partial charge on any atom is -0.393 e. The van der Waals surface area contributed by atoms with Gasteiger partial charge in [-0.25, -0.2) is 4.57 Å². The maximum Gasteiger partial charge on any atom is 0.472 e. The van der Waals surface area contributed by atoms with Crippen LogP contribution in [0.1, 0.15) is 187 Å². The Morgan fingerprint density at radius 2 is 1.02 bits per heavy atom. The third kappa shape index (κ3) is 26.2. The highest BCUT2D eigenvalue weighted by molar-refractivity contribution is 7.47. The number of rotatable bonds is 37. The van der Waals surface area contributed by atoms with Crippen molar-refractivity contribution in [1.82, 2.24) is 5.32 Å². The monoisotopic (exact) mass is 850 g/mol. The molecule has 13 nitrogen and oxygen atoms in total. The molecule has 0 radical (unpaired) electrons. The van der Waals surface area contributed by atoms with Gasteiger partial charge < -0.3 is 46.0 Å². The zero-order valence-corrected chi connectivity index (χ0v) is 36.9. The number of hydrogen-bond acceptors (Lipinski definition) is 11. The van der Waals surface area contributed by atoms with Crippen LogP contribution in [0, 0.1) is 0 Å². The average molecular weight is 850 g/mol. The molecule has 1 rings (SSSR count). The maximum atomic E-state index is 13.0. The maximum absolute atomic E-state index is 13.0. The summed E-state index contributed by atoms with van der Waals surface area (Å²) in [5, 5.41) is 74.3. The van der Waals surface area contributed by atoms with Crippen molar-refractivity contribution >= 4 is 13.7 Å². The summed E-state index contributed by atoms with van der Waals surface area (Å²) in [6.45, 7) is 3.71. The van der Waals surface area contributed by atoms with E-state index < -0.39 is 75.2 Å². The summed E-state index contributed by atoms with van der Waals surface area (Å²) in [4.78, 5) is 23.4. The summed E-state index contributed by atoms with van der Waals surface area (Å²) < 4.78 is 22.8. The van der Waals surface area contributed by atoms with Crippen LogP contribution in [0.4, 0.5) is 0 Å². The van der Waals surface area contributed by atoms with Crippen molar-refractivity contribution < 1.29 is 59.0 Å². The Bertz CT molecular complexity index is 1100. The number of nitrogens with one attached hydrogen (secondary N) is 1. The first-order chi connectivity index (χ1) is 27.8. The molecular formula is C44H84NO12P. The predicted octanol–water partition coefficient (Wildman–Crippen LogP) is 7.20. The van der Waals surface area contributed by atoms with Crippen molar-refractivity contribution in [3.8, 4) is 0 Å². The smallest absolute Gasteiger partial charge is 0.393 e. The van der Waals surface area contributed by atoms with Crippen molar-refractivity contribution in [1.29, 1.82) is 0 Å². The van der Waals surface area contributed by atoms with E-state index in [1.54, 1.807) is 6.08 Å². The van der Waals surface area contributed by atoms with Crippen LogP contribution in [0.15, 0.2) is 24.3 Å². The van der Waals surface area contributed by atoms with E-state index >= 15 is 0 Å². The summed E-state index contributed by atoms with van der Waals surface area (Å²) in [6.07, 6.45) is 22.7. The number of allylic oxidation sites excluding steroid dienone is 3. The topological polar surface area (TPSA) is 226 Å². The van der Waals surface area contributed by atoms with Crippen LogP contribution in [-0.4, -0.2) is 108 Å². The second kappa shape index (κ2) is 34.4. The number of unbranched alkanes of at least 4 members (excludes halogenated alkanes) is 22. The fourth-order valence-corrected chi connectivity index (χ4v) is 8.22. The molecule has 0 heterocycles. The van der Waals surface area contributed by atoms with E-state index in [0.29, 0.717) is 12.8 Å². The molecule has 0 spiro atoms. The molecule has 0 bridgehead atoms. The highest BCUT2D eigenvalue weighted by Gasteiger charge is 2.51. The van der Waals surface area contributed by atoms with Gasteiger partial charge in [0, 0.05) is 0 Å². The Hall–Kier alpha value is -1.22. The Labute approximate surface area is 350 Å². The number of aliphatic hydroxyl groups excluding tert-OH is 7. The second-order valence-electron chi connectivity index (χ2n) is 16.4. The van der Waals surface area contributed by atoms with Crippen molar-refractivity contribution in [2.45, 2.75) is 242 Å². The molecule has 14 heteroatoms. The van der Waals surface area contributed by atoms with Gasteiger partial charge in [0.15, 0.2) is 0 Å². The standard InChI is InChI=1S/C44H84NO12P/c1-3-5-7-9-11-13-15-17-19-21-23-25-27-29-31-35(46)33-38(48)45-36(34-56-58(54,55)57-44-42(52)40(50)39(49)41(51)43(44)53)37(47)32-30-28-26-24-22-20-18-16-14-12-10-8-6-4-2/h22,24,30,32,35-37,39-44,46-47,49-53H,3-21,23,25-29,31,33-34H2,1-2H3,(H,45,48)(H,54,55)/b24-22+,32-30+. The molecule has 1 amide bonds. The Morgan fingerprint density at radius 3 is 1.52 bits per heavy atom. The summed E-state index contributed by atoms with van der Waals surface area (Å²) in [5.41, 5.74) is 0. The molecule has 0 aromatic rings. The fraction of sp³-hybridized carbons (Fsp3) is 0.886. The van der Waals surface area contributed by atoms with Crippen LogP contribution in [0.2, 0.25) is 0 Å². The second-order valence-corrected chi connectivity index (χ2v) is 17.8. The molecule has 0 aromatic heterocycles. The lowest BCUT2D eigenvalue weighted by molar-refractivity contribution is -0.220. The van der Waals surface area contributed by atoms with Crippen LogP contribution in [0.3, 0.4) is 0 Å². The quantitative estimate of drug-likeness (QED) is 0.0172. The fourth-order valence-electron chi connectivity index (χ4n) is 7.26. The summed E-state index contributed by atoms with van der Waals surface area (Å²) in [7, 11) is -5.14. The lowest BCUT2D eigenvalue weighted by atomic mass is 9.85. The van der Waals surface area contributed by atoms with Crippen molar-refractivity contribution in [3.05, 3.63) is 24.3 Å². The minimum atomic E-state index is -5.14. The van der Waals surface area contributed by atoms with Crippen LogP contribution < -0.4 is 5.32 Å². The highest BCUT2D eigenvalue weighted by Crippen LogP contribution is 2.47.